The standard InChI is InChI=1S/C22H19FN2O5S/c1-29-17-9-11-18(12-10-17)31(27,28)25-14-21(30-20-8-3-2-7-19(20)25)22(26)24-16-6-4-5-15(23)13-16/h2-13,21H,14H2,1H3,(H,24,26). The average molecular weight is 442 g/mol. The molecule has 0 radical (unpaired) electrons. The quantitative estimate of drug-likeness (QED) is 0.655. The smallest absolute Gasteiger partial charge is 0.267 e. The zero-order chi connectivity index (χ0) is 22.0. The van der Waals surface area contributed by atoms with Gasteiger partial charge in [0.1, 0.15) is 17.3 Å². The van der Waals surface area contributed by atoms with Crippen LogP contribution < -0.4 is 19.1 Å². The fourth-order valence-electron chi connectivity index (χ4n) is 3.23. The molecular formula is C22H19FN2O5S. The number of hydrogen-bond acceptors (Lipinski definition) is 5. The lowest BCUT2D eigenvalue weighted by Gasteiger charge is -2.34. The number of benzene rings is 3. The zero-order valence-corrected chi connectivity index (χ0v) is 17.3. The molecule has 3 aromatic rings. The van der Waals surface area contributed by atoms with Crippen LogP contribution in [0.25, 0.3) is 0 Å². The Bertz CT molecular complexity index is 1210. The Morgan fingerprint density at radius 2 is 1.84 bits per heavy atom. The zero-order valence-electron chi connectivity index (χ0n) is 16.5. The summed E-state index contributed by atoms with van der Waals surface area (Å²) < 4.78 is 52.2. The van der Waals surface area contributed by atoms with Gasteiger partial charge in [0.25, 0.3) is 15.9 Å². The van der Waals surface area contributed by atoms with Gasteiger partial charge in [-0.05, 0) is 54.6 Å². The number of nitrogens with one attached hydrogen (secondary N) is 1. The first-order valence-electron chi connectivity index (χ1n) is 9.37. The molecule has 0 saturated carbocycles. The Kier molecular flexibility index (Phi) is 5.51. The van der Waals surface area contributed by atoms with E-state index in [9.17, 15) is 17.6 Å². The second-order valence-electron chi connectivity index (χ2n) is 6.79. The van der Waals surface area contributed by atoms with Gasteiger partial charge in [-0.2, -0.15) is 0 Å². The molecule has 1 amide bonds. The monoisotopic (exact) mass is 442 g/mol. The molecular weight excluding hydrogens is 423 g/mol. The van der Waals surface area contributed by atoms with Gasteiger partial charge in [-0.3, -0.25) is 9.10 Å². The number of sulfonamides is 1. The number of hydrogen-bond donors (Lipinski definition) is 1. The highest BCUT2D eigenvalue weighted by Gasteiger charge is 2.37. The van der Waals surface area contributed by atoms with Crippen LogP contribution in [0, 0.1) is 5.82 Å². The minimum absolute atomic E-state index is 0.0503. The van der Waals surface area contributed by atoms with Crippen molar-refractivity contribution in [1.29, 1.82) is 0 Å². The number of halogens is 1. The van der Waals surface area contributed by atoms with Crippen molar-refractivity contribution in [1.82, 2.24) is 0 Å². The number of amides is 1. The van der Waals surface area contributed by atoms with Crippen LogP contribution in [0.1, 0.15) is 0 Å². The molecule has 1 aliphatic heterocycles. The van der Waals surface area contributed by atoms with Gasteiger partial charge < -0.3 is 14.8 Å². The highest BCUT2D eigenvalue weighted by molar-refractivity contribution is 7.92. The van der Waals surface area contributed by atoms with Gasteiger partial charge in [0.05, 0.1) is 24.2 Å². The molecule has 1 aliphatic rings. The second-order valence-corrected chi connectivity index (χ2v) is 8.65. The van der Waals surface area contributed by atoms with Crippen molar-refractivity contribution in [3.05, 3.63) is 78.6 Å². The van der Waals surface area contributed by atoms with Crippen molar-refractivity contribution in [3.63, 3.8) is 0 Å². The number of nitrogens with zero attached hydrogens (tertiary/aromatic N) is 1. The number of para-hydroxylation sites is 2. The lowest BCUT2D eigenvalue weighted by Crippen LogP contribution is -2.48. The van der Waals surface area contributed by atoms with Crippen molar-refractivity contribution in [2.45, 2.75) is 11.0 Å². The third kappa shape index (κ3) is 4.17. The van der Waals surface area contributed by atoms with E-state index in [1.54, 1.807) is 36.4 Å². The first-order chi connectivity index (χ1) is 14.9. The van der Waals surface area contributed by atoms with Gasteiger partial charge >= 0.3 is 0 Å². The Labute approximate surface area is 179 Å². The minimum atomic E-state index is -3.99. The maximum absolute atomic E-state index is 13.4. The molecule has 1 N–H and O–H groups in total. The summed E-state index contributed by atoms with van der Waals surface area (Å²) >= 11 is 0. The summed E-state index contributed by atoms with van der Waals surface area (Å²) in [6.07, 6.45) is -1.13. The van der Waals surface area contributed by atoms with E-state index >= 15 is 0 Å². The summed E-state index contributed by atoms with van der Waals surface area (Å²) in [5.41, 5.74) is 0.574. The average Bonchev–Trinajstić information content (AvgIpc) is 2.78. The molecule has 3 aromatic carbocycles. The molecule has 0 fully saturated rings. The van der Waals surface area contributed by atoms with E-state index in [0.717, 1.165) is 4.31 Å². The minimum Gasteiger partial charge on any atom is -0.497 e. The van der Waals surface area contributed by atoms with E-state index in [0.29, 0.717) is 11.4 Å². The van der Waals surface area contributed by atoms with E-state index in [1.807, 2.05) is 0 Å². The van der Waals surface area contributed by atoms with Crippen LogP contribution in [0.2, 0.25) is 0 Å². The van der Waals surface area contributed by atoms with Gasteiger partial charge in [-0.25, -0.2) is 12.8 Å². The Balaban J connectivity index is 1.66. The Hall–Kier alpha value is -3.59. The fourth-order valence-corrected chi connectivity index (χ4v) is 4.71. The first-order valence-corrected chi connectivity index (χ1v) is 10.8. The lowest BCUT2D eigenvalue weighted by atomic mass is 10.2. The number of anilines is 2. The van der Waals surface area contributed by atoms with E-state index in [2.05, 4.69) is 5.32 Å². The van der Waals surface area contributed by atoms with Crippen LogP contribution in [0.3, 0.4) is 0 Å². The SMILES string of the molecule is COc1ccc(S(=O)(=O)N2CC(C(=O)Nc3cccc(F)c3)Oc3ccccc32)cc1. The van der Waals surface area contributed by atoms with Crippen molar-refractivity contribution in [2.75, 3.05) is 23.3 Å². The molecule has 1 heterocycles. The van der Waals surface area contributed by atoms with Gasteiger partial charge in [-0.1, -0.05) is 18.2 Å². The maximum atomic E-state index is 13.4. The number of ether oxygens (including phenoxy) is 2. The van der Waals surface area contributed by atoms with Crippen LogP contribution in [-0.2, 0) is 14.8 Å². The van der Waals surface area contributed by atoms with Gasteiger partial charge in [-0.15, -0.1) is 0 Å². The second kappa shape index (κ2) is 8.27. The molecule has 0 spiro atoms. The lowest BCUT2D eigenvalue weighted by molar-refractivity contribution is -0.122. The third-order valence-corrected chi connectivity index (χ3v) is 6.56. The summed E-state index contributed by atoms with van der Waals surface area (Å²) in [5.74, 6) is -0.314. The molecule has 0 aromatic heterocycles. The van der Waals surface area contributed by atoms with E-state index in [-0.39, 0.29) is 22.9 Å². The van der Waals surface area contributed by atoms with Crippen molar-refractivity contribution < 1.29 is 27.1 Å². The molecule has 1 unspecified atom stereocenters. The summed E-state index contributed by atoms with van der Waals surface area (Å²) in [5, 5.41) is 2.57. The largest absolute Gasteiger partial charge is 0.497 e. The molecule has 9 heteroatoms. The first kappa shape index (κ1) is 20.7. The van der Waals surface area contributed by atoms with Crippen molar-refractivity contribution in [3.8, 4) is 11.5 Å². The molecule has 160 valence electrons. The van der Waals surface area contributed by atoms with E-state index in [4.69, 9.17) is 9.47 Å². The number of rotatable bonds is 5. The summed E-state index contributed by atoms with van der Waals surface area (Å²) in [4.78, 5) is 12.8. The Morgan fingerprint density at radius 3 is 2.55 bits per heavy atom. The predicted octanol–water partition coefficient (Wildman–Crippen LogP) is 3.43. The van der Waals surface area contributed by atoms with Crippen LogP contribution in [0.4, 0.5) is 15.8 Å². The van der Waals surface area contributed by atoms with E-state index in [1.165, 1.54) is 43.5 Å². The summed E-state index contributed by atoms with van der Waals surface area (Å²) in [6.45, 7) is -0.244. The van der Waals surface area contributed by atoms with Crippen LogP contribution in [0.5, 0.6) is 11.5 Å². The normalized spacial score (nSPS) is 15.5. The van der Waals surface area contributed by atoms with Crippen LogP contribution >= 0.6 is 0 Å². The van der Waals surface area contributed by atoms with Crippen molar-refractivity contribution >= 4 is 27.3 Å². The van der Waals surface area contributed by atoms with Crippen molar-refractivity contribution in [2.24, 2.45) is 0 Å². The number of methoxy groups -OCH3 is 1. The molecule has 0 saturated heterocycles. The summed E-state index contributed by atoms with van der Waals surface area (Å²) in [7, 11) is -2.50. The number of carbonyl (C=O) groups excluding carboxylic acids is 1. The van der Waals surface area contributed by atoms with Crippen LogP contribution in [-0.4, -0.2) is 34.1 Å². The Morgan fingerprint density at radius 1 is 1.10 bits per heavy atom. The van der Waals surface area contributed by atoms with Crippen LogP contribution in [0.15, 0.2) is 77.7 Å². The molecule has 1 atom stereocenters. The fraction of sp³-hybridized carbons (Fsp3) is 0.136. The molecule has 31 heavy (non-hydrogen) atoms. The third-order valence-electron chi connectivity index (χ3n) is 4.77. The highest BCUT2D eigenvalue weighted by atomic mass is 32.2. The van der Waals surface area contributed by atoms with E-state index < -0.39 is 27.9 Å². The number of carbonyl (C=O) groups is 1. The molecule has 7 nitrogen and oxygen atoms in total. The molecule has 0 aliphatic carbocycles. The molecule has 4 rings (SSSR count). The van der Waals surface area contributed by atoms with Gasteiger partial charge in [0, 0.05) is 5.69 Å². The highest BCUT2D eigenvalue weighted by Crippen LogP contribution is 2.37. The topological polar surface area (TPSA) is 84.9 Å². The predicted molar refractivity (Wildman–Crippen MR) is 113 cm³/mol. The molecule has 0 bridgehead atoms. The van der Waals surface area contributed by atoms with Gasteiger partial charge in [0.2, 0.25) is 0 Å². The van der Waals surface area contributed by atoms with Gasteiger partial charge in [0.15, 0.2) is 6.10 Å². The summed E-state index contributed by atoms with van der Waals surface area (Å²) in [6, 6.07) is 18.0. The maximum Gasteiger partial charge on any atom is 0.267 e. The number of fused-ring (bicyclic) bond motifs is 1.